The smallest absolute Gasteiger partial charge is 0.266 e. The third kappa shape index (κ3) is 2.83. The van der Waals surface area contributed by atoms with Gasteiger partial charge in [0.25, 0.3) is 10.0 Å². The molecule has 1 N–H and O–H groups in total. The summed E-state index contributed by atoms with van der Waals surface area (Å²) in [5.74, 6) is -2.00. The van der Waals surface area contributed by atoms with Crippen molar-refractivity contribution >= 4 is 31.8 Å². The van der Waals surface area contributed by atoms with E-state index in [0.717, 1.165) is 12.1 Å². The number of aryl methyl sites for hydroxylation is 1. The third-order valence-electron chi connectivity index (χ3n) is 2.49. The second-order valence-corrected chi connectivity index (χ2v) is 6.28. The third-order valence-corrected chi connectivity index (χ3v) is 4.59. The molecule has 0 saturated carbocycles. The Morgan fingerprint density at radius 1 is 1.35 bits per heavy atom. The maximum atomic E-state index is 13.8. The van der Waals surface area contributed by atoms with Crippen molar-refractivity contribution in [3.05, 3.63) is 40.5 Å². The average Bonchev–Trinajstić information content (AvgIpc) is 2.82. The summed E-state index contributed by atoms with van der Waals surface area (Å²) in [4.78, 5) is -0.656. The molecule has 0 aliphatic carbocycles. The van der Waals surface area contributed by atoms with E-state index in [1.54, 1.807) is 6.20 Å². The highest BCUT2D eigenvalue weighted by molar-refractivity contribution is 9.10. The fourth-order valence-electron chi connectivity index (χ4n) is 1.50. The van der Waals surface area contributed by atoms with Gasteiger partial charge in [-0.05, 0) is 35.0 Å². The number of nitrogens with zero attached hydrogens (tertiary/aromatic N) is 2. The van der Waals surface area contributed by atoms with Gasteiger partial charge >= 0.3 is 0 Å². The summed E-state index contributed by atoms with van der Waals surface area (Å²) in [6.07, 6.45) is 1.58. The first-order valence-corrected chi connectivity index (χ1v) is 7.82. The van der Waals surface area contributed by atoms with Gasteiger partial charge in [-0.1, -0.05) is 0 Å². The van der Waals surface area contributed by atoms with Crippen LogP contribution in [0.3, 0.4) is 0 Å². The van der Waals surface area contributed by atoms with Crippen molar-refractivity contribution < 1.29 is 17.2 Å². The molecule has 0 amide bonds. The summed E-state index contributed by atoms with van der Waals surface area (Å²) >= 11 is 2.66. The van der Waals surface area contributed by atoms with Crippen molar-refractivity contribution in [1.29, 1.82) is 0 Å². The van der Waals surface area contributed by atoms with E-state index in [-0.39, 0.29) is 5.82 Å². The van der Waals surface area contributed by atoms with Crippen LogP contribution in [0.15, 0.2) is 33.8 Å². The van der Waals surface area contributed by atoms with Gasteiger partial charge in [-0.3, -0.25) is 9.40 Å². The zero-order chi connectivity index (χ0) is 14.9. The molecule has 0 aliphatic rings. The van der Waals surface area contributed by atoms with Crippen molar-refractivity contribution in [2.24, 2.45) is 0 Å². The predicted molar refractivity (Wildman–Crippen MR) is 72.8 cm³/mol. The normalized spacial score (nSPS) is 11.6. The minimum atomic E-state index is -4.18. The number of nitrogens with one attached hydrogen (secondary N) is 1. The molecule has 0 fully saturated rings. The van der Waals surface area contributed by atoms with Gasteiger partial charge in [0.05, 0.1) is 4.47 Å². The molecule has 1 heterocycles. The van der Waals surface area contributed by atoms with Gasteiger partial charge in [-0.25, -0.2) is 17.2 Å². The van der Waals surface area contributed by atoms with Gasteiger partial charge in [0.2, 0.25) is 0 Å². The standard InChI is InChI=1S/C11H10BrF2N3O2S/c1-2-17-6-5-9(15-17)16-20(18,19)8-4-3-7(13)10(12)11(8)14/h3-6H,2H2,1H3,(H,15,16). The fraction of sp³-hybridized carbons (Fsp3) is 0.182. The Morgan fingerprint density at radius 2 is 2.05 bits per heavy atom. The van der Waals surface area contributed by atoms with Crippen LogP contribution in [-0.2, 0) is 16.6 Å². The molecular weight excluding hydrogens is 356 g/mol. The molecule has 0 saturated heterocycles. The van der Waals surface area contributed by atoms with Crippen LogP contribution in [0.25, 0.3) is 0 Å². The lowest BCUT2D eigenvalue weighted by molar-refractivity contribution is 0.542. The van der Waals surface area contributed by atoms with Crippen LogP contribution in [0.5, 0.6) is 0 Å². The van der Waals surface area contributed by atoms with Crippen LogP contribution >= 0.6 is 15.9 Å². The Labute approximate surface area is 122 Å². The molecule has 1 aromatic carbocycles. The molecule has 2 aromatic rings. The van der Waals surface area contributed by atoms with E-state index < -0.39 is 31.0 Å². The van der Waals surface area contributed by atoms with E-state index >= 15 is 0 Å². The van der Waals surface area contributed by atoms with Crippen molar-refractivity contribution in [1.82, 2.24) is 9.78 Å². The van der Waals surface area contributed by atoms with E-state index in [0.29, 0.717) is 6.54 Å². The Kier molecular flexibility index (Phi) is 4.09. The van der Waals surface area contributed by atoms with Gasteiger partial charge in [0, 0.05) is 18.8 Å². The van der Waals surface area contributed by atoms with E-state index in [4.69, 9.17) is 0 Å². The maximum absolute atomic E-state index is 13.8. The fourth-order valence-corrected chi connectivity index (χ4v) is 3.06. The van der Waals surface area contributed by atoms with Crippen LogP contribution in [-0.4, -0.2) is 18.2 Å². The number of sulfonamides is 1. The highest BCUT2D eigenvalue weighted by Gasteiger charge is 2.23. The molecule has 0 bridgehead atoms. The molecular formula is C11H10BrF2N3O2S. The molecule has 1 aromatic heterocycles. The predicted octanol–water partition coefficient (Wildman–Crippen LogP) is 2.74. The minimum Gasteiger partial charge on any atom is -0.271 e. The topological polar surface area (TPSA) is 64.0 Å². The molecule has 0 atom stereocenters. The number of rotatable bonds is 4. The Morgan fingerprint density at radius 3 is 2.65 bits per heavy atom. The first-order valence-electron chi connectivity index (χ1n) is 5.55. The number of halogens is 3. The lowest BCUT2D eigenvalue weighted by atomic mass is 10.3. The molecule has 2 rings (SSSR count). The Balaban J connectivity index is 2.38. The molecule has 20 heavy (non-hydrogen) atoms. The lowest BCUT2D eigenvalue weighted by Crippen LogP contribution is -2.15. The van der Waals surface area contributed by atoms with Crippen LogP contribution in [0.4, 0.5) is 14.6 Å². The van der Waals surface area contributed by atoms with Gasteiger partial charge in [0.1, 0.15) is 10.7 Å². The SMILES string of the molecule is CCn1ccc(NS(=O)(=O)c2ccc(F)c(Br)c2F)n1. The maximum Gasteiger partial charge on any atom is 0.266 e. The van der Waals surface area contributed by atoms with E-state index in [1.807, 2.05) is 6.92 Å². The Bertz CT molecular complexity index is 746. The number of anilines is 1. The van der Waals surface area contributed by atoms with Crippen molar-refractivity contribution in [2.45, 2.75) is 18.4 Å². The number of benzene rings is 1. The first kappa shape index (κ1) is 14.9. The van der Waals surface area contributed by atoms with Crippen molar-refractivity contribution in [3.8, 4) is 0 Å². The molecule has 9 heteroatoms. The van der Waals surface area contributed by atoms with Crippen LogP contribution in [0.1, 0.15) is 6.92 Å². The van der Waals surface area contributed by atoms with E-state index in [9.17, 15) is 17.2 Å². The Hall–Kier alpha value is -1.48. The number of aromatic nitrogens is 2. The van der Waals surface area contributed by atoms with Crippen LogP contribution in [0.2, 0.25) is 0 Å². The zero-order valence-electron chi connectivity index (χ0n) is 10.3. The average molecular weight is 366 g/mol. The zero-order valence-corrected chi connectivity index (χ0v) is 12.7. The van der Waals surface area contributed by atoms with Crippen LogP contribution < -0.4 is 4.72 Å². The molecule has 0 aliphatic heterocycles. The summed E-state index contributed by atoms with van der Waals surface area (Å²) in [6.45, 7) is 2.40. The molecule has 0 unspecified atom stereocenters. The van der Waals surface area contributed by atoms with E-state index in [1.165, 1.54) is 10.7 Å². The van der Waals surface area contributed by atoms with Crippen LogP contribution in [0, 0.1) is 11.6 Å². The monoisotopic (exact) mass is 365 g/mol. The quantitative estimate of drug-likeness (QED) is 0.847. The molecule has 5 nitrogen and oxygen atoms in total. The lowest BCUT2D eigenvalue weighted by Gasteiger charge is -2.08. The second-order valence-electron chi connectivity index (χ2n) is 3.84. The number of hydrogen-bond acceptors (Lipinski definition) is 3. The highest BCUT2D eigenvalue weighted by atomic mass is 79.9. The first-order chi connectivity index (χ1) is 9.35. The highest BCUT2D eigenvalue weighted by Crippen LogP contribution is 2.26. The van der Waals surface area contributed by atoms with Gasteiger partial charge < -0.3 is 0 Å². The summed E-state index contributed by atoms with van der Waals surface area (Å²) in [5, 5.41) is 3.93. The van der Waals surface area contributed by atoms with Gasteiger partial charge in [0.15, 0.2) is 11.6 Å². The molecule has 0 spiro atoms. The summed E-state index contributed by atoms with van der Waals surface area (Å²) in [5.41, 5.74) is 0. The largest absolute Gasteiger partial charge is 0.271 e. The van der Waals surface area contributed by atoms with Crippen molar-refractivity contribution in [2.75, 3.05) is 4.72 Å². The number of hydrogen-bond donors (Lipinski definition) is 1. The van der Waals surface area contributed by atoms with Gasteiger partial charge in [-0.2, -0.15) is 5.10 Å². The van der Waals surface area contributed by atoms with E-state index in [2.05, 4.69) is 25.8 Å². The minimum absolute atomic E-state index is 0.0618. The van der Waals surface area contributed by atoms with Gasteiger partial charge in [-0.15, -0.1) is 0 Å². The summed E-state index contributed by atoms with van der Waals surface area (Å²) < 4.78 is 54.1. The summed E-state index contributed by atoms with van der Waals surface area (Å²) in [7, 11) is -4.18. The second kappa shape index (κ2) is 5.49. The van der Waals surface area contributed by atoms with Crippen molar-refractivity contribution in [3.63, 3.8) is 0 Å². The summed E-state index contributed by atoms with van der Waals surface area (Å²) in [6, 6.07) is 3.17. The molecule has 108 valence electrons. The molecule has 0 radical (unpaired) electrons.